The lowest BCUT2D eigenvalue weighted by Gasteiger charge is -2.30. The number of anilines is 1. The van der Waals surface area contributed by atoms with E-state index in [4.69, 9.17) is 11.6 Å². The Balaban J connectivity index is 1.43. The predicted octanol–water partition coefficient (Wildman–Crippen LogP) is 4.42. The summed E-state index contributed by atoms with van der Waals surface area (Å²) in [5, 5.41) is 11.2. The van der Waals surface area contributed by atoms with Gasteiger partial charge in [0, 0.05) is 24.2 Å². The average molecular weight is 397 g/mol. The van der Waals surface area contributed by atoms with Crippen LogP contribution in [0.3, 0.4) is 0 Å². The first kappa shape index (κ1) is 19.0. The molecule has 146 valence electrons. The second-order valence-corrected chi connectivity index (χ2v) is 8.09. The third kappa shape index (κ3) is 4.37. The summed E-state index contributed by atoms with van der Waals surface area (Å²) in [5.74, 6) is 0.855. The molecule has 5 nitrogen and oxygen atoms in total. The van der Waals surface area contributed by atoms with E-state index in [2.05, 4.69) is 51.6 Å². The van der Waals surface area contributed by atoms with E-state index in [1.807, 2.05) is 12.1 Å². The molecule has 0 amide bonds. The molecular formula is C22H25ClN4O. The van der Waals surface area contributed by atoms with Crippen LogP contribution in [0.2, 0.25) is 5.15 Å². The maximum atomic E-state index is 11.8. The molecule has 0 atom stereocenters. The number of nitrogens with zero attached hydrogens (tertiary/aromatic N) is 2. The van der Waals surface area contributed by atoms with Crippen LogP contribution in [0.25, 0.3) is 10.8 Å². The molecule has 0 unspecified atom stereocenters. The van der Waals surface area contributed by atoms with Crippen molar-refractivity contribution in [3.8, 4) is 0 Å². The number of hydrogen-bond donors (Lipinski definition) is 2. The molecule has 1 saturated heterocycles. The average Bonchev–Trinajstić information content (AvgIpc) is 2.71. The van der Waals surface area contributed by atoms with Gasteiger partial charge in [0.05, 0.1) is 5.39 Å². The molecule has 2 N–H and O–H groups in total. The number of halogens is 1. The van der Waals surface area contributed by atoms with Crippen molar-refractivity contribution in [3.05, 3.63) is 69.1 Å². The van der Waals surface area contributed by atoms with Gasteiger partial charge >= 0.3 is 0 Å². The van der Waals surface area contributed by atoms with Gasteiger partial charge in [-0.05, 0) is 61.2 Å². The molecule has 28 heavy (non-hydrogen) atoms. The number of H-pyrrole nitrogens is 1. The summed E-state index contributed by atoms with van der Waals surface area (Å²) in [6.07, 6.45) is 2.59. The summed E-state index contributed by atoms with van der Waals surface area (Å²) in [4.78, 5) is 14.4. The summed E-state index contributed by atoms with van der Waals surface area (Å²) in [6, 6.07) is 14.3. The van der Waals surface area contributed by atoms with E-state index < -0.39 is 0 Å². The second-order valence-electron chi connectivity index (χ2n) is 7.74. The van der Waals surface area contributed by atoms with Crippen LogP contribution >= 0.6 is 11.6 Å². The Morgan fingerprint density at radius 2 is 1.93 bits per heavy atom. The number of rotatable bonds is 5. The Hall–Kier alpha value is -2.37. The zero-order valence-electron chi connectivity index (χ0n) is 16.0. The molecule has 1 aliphatic rings. The third-order valence-electron chi connectivity index (χ3n) is 5.51. The molecule has 0 bridgehead atoms. The first-order chi connectivity index (χ1) is 13.6. The van der Waals surface area contributed by atoms with Gasteiger partial charge in [-0.1, -0.05) is 42.8 Å². The number of aromatic nitrogens is 2. The SMILES string of the molecule is CC1CCN(Cc2cccc(CNc3ccc4c(=O)[nH]nc(Cl)c4c3)c2)CC1. The van der Waals surface area contributed by atoms with E-state index in [-0.39, 0.29) is 5.56 Å². The molecule has 3 aromatic rings. The van der Waals surface area contributed by atoms with Crippen LogP contribution in [0.5, 0.6) is 0 Å². The van der Waals surface area contributed by atoms with Gasteiger partial charge in [-0.15, -0.1) is 0 Å². The Labute approximate surface area is 169 Å². The van der Waals surface area contributed by atoms with Crippen LogP contribution in [0.15, 0.2) is 47.3 Å². The second kappa shape index (κ2) is 8.33. The zero-order chi connectivity index (χ0) is 19.5. The van der Waals surface area contributed by atoms with Gasteiger partial charge in [-0.3, -0.25) is 9.69 Å². The zero-order valence-corrected chi connectivity index (χ0v) is 16.8. The summed E-state index contributed by atoms with van der Waals surface area (Å²) < 4.78 is 0. The summed E-state index contributed by atoms with van der Waals surface area (Å²) in [6.45, 7) is 6.45. The van der Waals surface area contributed by atoms with Crippen molar-refractivity contribution in [2.45, 2.75) is 32.9 Å². The van der Waals surface area contributed by atoms with E-state index in [0.29, 0.717) is 22.5 Å². The lowest BCUT2D eigenvalue weighted by molar-refractivity contribution is 0.185. The smallest absolute Gasteiger partial charge is 0.272 e. The van der Waals surface area contributed by atoms with Crippen molar-refractivity contribution >= 4 is 28.1 Å². The molecule has 0 radical (unpaired) electrons. The summed E-state index contributed by atoms with van der Waals surface area (Å²) in [5.41, 5.74) is 3.27. The maximum absolute atomic E-state index is 11.8. The van der Waals surface area contributed by atoms with Crippen LogP contribution in [0.4, 0.5) is 5.69 Å². The van der Waals surface area contributed by atoms with Crippen LogP contribution < -0.4 is 10.9 Å². The fourth-order valence-corrected chi connectivity index (χ4v) is 3.96. The molecule has 1 fully saturated rings. The van der Waals surface area contributed by atoms with Crippen LogP contribution in [-0.4, -0.2) is 28.2 Å². The van der Waals surface area contributed by atoms with Crippen LogP contribution in [0, 0.1) is 5.92 Å². The molecule has 6 heteroatoms. The first-order valence-electron chi connectivity index (χ1n) is 9.80. The molecule has 1 aromatic heterocycles. The number of benzene rings is 2. The van der Waals surface area contributed by atoms with E-state index in [1.54, 1.807) is 6.07 Å². The number of nitrogens with one attached hydrogen (secondary N) is 2. The minimum Gasteiger partial charge on any atom is -0.381 e. The minimum atomic E-state index is -0.231. The van der Waals surface area contributed by atoms with Crippen molar-refractivity contribution in [1.82, 2.24) is 15.1 Å². The molecule has 0 spiro atoms. The van der Waals surface area contributed by atoms with Gasteiger partial charge in [0.1, 0.15) is 0 Å². The normalized spacial score (nSPS) is 15.8. The molecule has 4 rings (SSSR count). The molecule has 0 aliphatic carbocycles. The maximum Gasteiger partial charge on any atom is 0.272 e. The highest BCUT2D eigenvalue weighted by atomic mass is 35.5. The van der Waals surface area contributed by atoms with Gasteiger partial charge < -0.3 is 5.32 Å². The summed E-state index contributed by atoms with van der Waals surface area (Å²) >= 11 is 6.13. The Bertz CT molecular complexity index is 1020. The lowest BCUT2D eigenvalue weighted by Crippen LogP contribution is -2.32. The fourth-order valence-electron chi connectivity index (χ4n) is 3.76. The van der Waals surface area contributed by atoms with E-state index in [9.17, 15) is 4.79 Å². The number of aromatic amines is 1. The number of hydrogen-bond acceptors (Lipinski definition) is 4. The van der Waals surface area contributed by atoms with E-state index in [0.717, 1.165) is 18.2 Å². The Kier molecular flexibility index (Phi) is 5.64. The molecule has 1 aliphatic heterocycles. The number of piperidine rings is 1. The van der Waals surface area contributed by atoms with Gasteiger partial charge in [0.15, 0.2) is 5.15 Å². The van der Waals surface area contributed by atoms with Gasteiger partial charge in [-0.2, -0.15) is 5.10 Å². The third-order valence-corrected chi connectivity index (χ3v) is 5.80. The van der Waals surface area contributed by atoms with Crippen molar-refractivity contribution in [2.75, 3.05) is 18.4 Å². The van der Waals surface area contributed by atoms with E-state index in [1.165, 1.54) is 37.1 Å². The topological polar surface area (TPSA) is 61.0 Å². The van der Waals surface area contributed by atoms with Gasteiger partial charge in [-0.25, -0.2) is 5.10 Å². The van der Waals surface area contributed by atoms with Crippen molar-refractivity contribution in [2.24, 2.45) is 5.92 Å². The van der Waals surface area contributed by atoms with Crippen LogP contribution in [0.1, 0.15) is 30.9 Å². The first-order valence-corrected chi connectivity index (χ1v) is 10.2. The summed E-state index contributed by atoms with van der Waals surface area (Å²) in [7, 11) is 0. The highest BCUT2D eigenvalue weighted by Crippen LogP contribution is 2.23. The number of fused-ring (bicyclic) bond motifs is 1. The van der Waals surface area contributed by atoms with Gasteiger partial charge in [0.25, 0.3) is 5.56 Å². The fraction of sp³-hybridized carbons (Fsp3) is 0.364. The largest absolute Gasteiger partial charge is 0.381 e. The molecule has 2 heterocycles. The predicted molar refractivity (Wildman–Crippen MR) is 115 cm³/mol. The highest BCUT2D eigenvalue weighted by molar-refractivity contribution is 6.34. The lowest BCUT2D eigenvalue weighted by atomic mass is 9.98. The number of likely N-dealkylation sites (tertiary alicyclic amines) is 1. The van der Waals surface area contributed by atoms with Gasteiger partial charge in [0.2, 0.25) is 0 Å². The van der Waals surface area contributed by atoms with E-state index >= 15 is 0 Å². The van der Waals surface area contributed by atoms with Crippen molar-refractivity contribution in [1.29, 1.82) is 0 Å². The Morgan fingerprint density at radius 3 is 2.75 bits per heavy atom. The quantitative estimate of drug-likeness (QED) is 0.670. The van der Waals surface area contributed by atoms with Crippen molar-refractivity contribution in [3.63, 3.8) is 0 Å². The standard InChI is InChI=1S/C22H25ClN4O/c1-15-7-9-27(10-8-15)14-17-4-2-3-16(11-17)13-24-18-5-6-19-20(12-18)21(23)25-26-22(19)28/h2-6,11-12,15,24H,7-10,13-14H2,1H3,(H,26,28). The van der Waals surface area contributed by atoms with Crippen LogP contribution in [-0.2, 0) is 13.1 Å². The molecule has 2 aromatic carbocycles. The molecule has 0 saturated carbocycles. The minimum absolute atomic E-state index is 0.231. The monoisotopic (exact) mass is 396 g/mol. The van der Waals surface area contributed by atoms with Crippen molar-refractivity contribution < 1.29 is 0 Å². The highest BCUT2D eigenvalue weighted by Gasteiger charge is 2.15. The Morgan fingerprint density at radius 1 is 1.14 bits per heavy atom. The molecular weight excluding hydrogens is 372 g/mol.